The maximum atomic E-state index is 12.2. The maximum absolute atomic E-state index is 12.2. The average molecular weight is 314 g/mol. The number of phenols is 2. The van der Waals surface area contributed by atoms with E-state index in [1.165, 1.54) is 25.3 Å². The molecule has 23 heavy (non-hydrogen) atoms. The number of aromatic hydroxyl groups is 2. The molecule has 5 nitrogen and oxygen atoms in total. The summed E-state index contributed by atoms with van der Waals surface area (Å²) >= 11 is 0. The molecule has 0 unspecified atom stereocenters. The van der Waals surface area contributed by atoms with Crippen LogP contribution in [0.2, 0.25) is 0 Å². The number of benzene rings is 2. The molecule has 0 aromatic heterocycles. The van der Waals surface area contributed by atoms with Gasteiger partial charge in [-0.1, -0.05) is 12.1 Å². The number of carbonyl (C=O) groups is 1. The Morgan fingerprint density at radius 3 is 2.52 bits per heavy atom. The summed E-state index contributed by atoms with van der Waals surface area (Å²) in [4.78, 5) is 12.2. The largest absolute Gasteiger partial charge is 0.504 e. The average Bonchev–Trinajstić information content (AvgIpc) is 2.56. The van der Waals surface area contributed by atoms with E-state index < -0.39 is 0 Å². The first-order valence-corrected chi connectivity index (χ1v) is 7.10. The number of phenolic OH excluding ortho intramolecular Hbond substituents is 2. The minimum absolute atomic E-state index is 0.204. The highest BCUT2D eigenvalue weighted by Crippen LogP contribution is 2.29. The van der Waals surface area contributed by atoms with Crippen molar-refractivity contribution in [1.82, 2.24) is 0 Å². The number of hydrogen-bond acceptors (Lipinski definition) is 5. The molecule has 0 amide bonds. The Balaban J connectivity index is 2.21. The molecule has 2 rings (SSSR count). The smallest absolute Gasteiger partial charge is 0.185 e. The Morgan fingerprint density at radius 1 is 1.09 bits per heavy atom. The molecule has 2 aromatic rings. The van der Waals surface area contributed by atoms with E-state index in [2.05, 4.69) is 0 Å². The maximum Gasteiger partial charge on any atom is 0.185 e. The monoisotopic (exact) mass is 314 g/mol. The van der Waals surface area contributed by atoms with Gasteiger partial charge in [-0.05, 0) is 48.9 Å². The van der Waals surface area contributed by atoms with Crippen molar-refractivity contribution >= 4 is 11.9 Å². The molecule has 0 aliphatic heterocycles. The number of ketones is 1. The standard InChI is InChI=1S/C18H18O5/c1-3-23-18-11-13(6-9-17(18)22-2)14(19)7-4-12-5-8-15(20)16(21)10-12/h4-11,20-21H,3H2,1-2H3/b7-4+. The van der Waals surface area contributed by atoms with Crippen LogP contribution in [0, 0.1) is 0 Å². The van der Waals surface area contributed by atoms with Gasteiger partial charge in [0, 0.05) is 5.56 Å². The molecule has 0 bridgehead atoms. The first-order valence-electron chi connectivity index (χ1n) is 7.10. The van der Waals surface area contributed by atoms with Crippen molar-refractivity contribution in [1.29, 1.82) is 0 Å². The van der Waals surface area contributed by atoms with Crippen LogP contribution in [0.4, 0.5) is 0 Å². The Bertz CT molecular complexity index is 734. The number of carbonyl (C=O) groups excluding carboxylic acids is 1. The van der Waals surface area contributed by atoms with Gasteiger partial charge in [-0.15, -0.1) is 0 Å². The Kier molecular flexibility index (Phi) is 5.25. The number of rotatable bonds is 6. The molecule has 0 atom stereocenters. The van der Waals surface area contributed by atoms with Crippen LogP contribution >= 0.6 is 0 Å². The normalized spacial score (nSPS) is 10.7. The fraction of sp³-hybridized carbons (Fsp3) is 0.167. The molecule has 0 fully saturated rings. The molecule has 0 saturated heterocycles. The summed E-state index contributed by atoms with van der Waals surface area (Å²) in [5, 5.41) is 18.7. The van der Waals surface area contributed by atoms with E-state index in [4.69, 9.17) is 9.47 Å². The number of methoxy groups -OCH3 is 1. The highest BCUT2D eigenvalue weighted by molar-refractivity contribution is 6.07. The van der Waals surface area contributed by atoms with E-state index in [9.17, 15) is 15.0 Å². The summed E-state index contributed by atoms with van der Waals surface area (Å²) < 4.78 is 10.6. The zero-order chi connectivity index (χ0) is 16.8. The minimum Gasteiger partial charge on any atom is -0.504 e. The van der Waals surface area contributed by atoms with Gasteiger partial charge in [-0.2, -0.15) is 0 Å². The summed E-state index contributed by atoms with van der Waals surface area (Å²) in [5.41, 5.74) is 1.07. The van der Waals surface area contributed by atoms with Crippen molar-refractivity contribution in [2.24, 2.45) is 0 Å². The van der Waals surface area contributed by atoms with E-state index >= 15 is 0 Å². The van der Waals surface area contributed by atoms with Gasteiger partial charge in [0.25, 0.3) is 0 Å². The fourth-order valence-corrected chi connectivity index (χ4v) is 2.01. The van der Waals surface area contributed by atoms with Crippen LogP contribution in [0.15, 0.2) is 42.5 Å². The molecule has 0 aliphatic rings. The molecular formula is C18H18O5. The molecule has 2 aromatic carbocycles. The highest BCUT2D eigenvalue weighted by atomic mass is 16.5. The lowest BCUT2D eigenvalue weighted by Gasteiger charge is -2.09. The summed E-state index contributed by atoms with van der Waals surface area (Å²) in [6.45, 7) is 2.32. The van der Waals surface area contributed by atoms with Crippen molar-refractivity contribution < 1.29 is 24.5 Å². The van der Waals surface area contributed by atoms with Crippen LogP contribution < -0.4 is 9.47 Å². The first-order chi connectivity index (χ1) is 11.0. The predicted molar refractivity (Wildman–Crippen MR) is 87.3 cm³/mol. The third-order valence-corrected chi connectivity index (χ3v) is 3.17. The molecule has 120 valence electrons. The third-order valence-electron chi connectivity index (χ3n) is 3.17. The molecule has 0 aliphatic carbocycles. The molecular weight excluding hydrogens is 296 g/mol. The van der Waals surface area contributed by atoms with Crippen molar-refractivity contribution in [3.63, 3.8) is 0 Å². The van der Waals surface area contributed by atoms with Gasteiger partial charge in [0.2, 0.25) is 0 Å². The van der Waals surface area contributed by atoms with Crippen LogP contribution in [0.5, 0.6) is 23.0 Å². The van der Waals surface area contributed by atoms with Crippen LogP contribution in [0.25, 0.3) is 6.08 Å². The second kappa shape index (κ2) is 7.35. The topological polar surface area (TPSA) is 76.0 Å². The third kappa shape index (κ3) is 4.03. The SMILES string of the molecule is CCOc1cc(C(=O)/C=C/c2ccc(O)c(O)c2)ccc1OC. The van der Waals surface area contributed by atoms with E-state index in [-0.39, 0.29) is 17.3 Å². The first kappa shape index (κ1) is 16.4. The minimum atomic E-state index is -0.234. The van der Waals surface area contributed by atoms with Crippen molar-refractivity contribution in [2.45, 2.75) is 6.92 Å². The number of allylic oxidation sites excluding steroid dienone is 1. The van der Waals surface area contributed by atoms with Crippen molar-refractivity contribution in [2.75, 3.05) is 13.7 Å². The van der Waals surface area contributed by atoms with Gasteiger partial charge < -0.3 is 19.7 Å². The van der Waals surface area contributed by atoms with Crippen molar-refractivity contribution in [3.8, 4) is 23.0 Å². The molecule has 0 radical (unpaired) electrons. The summed E-state index contributed by atoms with van der Waals surface area (Å²) in [6, 6.07) is 9.29. The van der Waals surface area contributed by atoms with E-state index in [0.29, 0.717) is 29.2 Å². The van der Waals surface area contributed by atoms with Gasteiger partial charge in [0.05, 0.1) is 13.7 Å². The van der Waals surface area contributed by atoms with Crippen molar-refractivity contribution in [3.05, 3.63) is 53.6 Å². The summed E-state index contributed by atoms with van der Waals surface area (Å²) in [6.07, 6.45) is 2.95. The lowest BCUT2D eigenvalue weighted by atomic mass is 10.1. The van der Waals surface area contributed by atoms with E-state index in [1.807, 2.05) is 6.92 Å². The number of hydrogen-bond donors (Lipinski definition) is 2. The zero-order valence-electron chi connectivity index (χ0n) is 12.9. The fourth-order valence-electron chi connectivity index (χ4n) is 2.01. The lowest BCUT2D eigenvalue weighted by Crippen LogP contribution is -1.99. The van der Waals surface area contributed by atoms with E-state index in [1.54, 1.807) is 30.3 Å². The van der Waals surface area contributed by atoms with Gasteiger partial charge in [-0.25, -0.2) is 0 Å². The van der Waals surface area contributed by atoms with E-state index in [0.717, 1.165) is 0 Å². The second-order valence-electron chi connectivity index (χ2n) is 4.74. The molecule has 0 saturated carbocycles. The Labute approximate surface area is 134 Å². The molecule has 5 heteroatoms. The highest BCUT2D eigenvalue weighted by Gasteiger charge is 2.09. The Morgan fingerprint density at radius 2 is 1.87 bits per heavy atom. The molecule has 0 spiro atoms. The predicted octanol–water partition coefficient (Wildman–Crippen LogP) is 3.40. The van der Waals surface area contributed by atoms with Gasteiger partial charge in [0.1, 0.15) is 0 Å². The van der Waals surface area contributed by atoms with Crippen LogP contribution in [-0.2, 0) is 0 Å². The second-order valence-corrected chi connectivity index (χ2v) is 4.74. The quantitative estimate of drug-likeness (QED) is 0.485. The van der Waals surface area contributed by atoms with Crippen LogP contribution in [0.3, 0.4) is 0 Å². The molecule has 2 N–H and O–H groups in total. The van der Waals surface area contributed by atoms with Gasteiger partial charge >= 0.3 is 0 Å². The summed E-state index contributed by atoms with van der Waals surface area (Å²) in [7, 11) is 1.54. The Hall–Kier alpha value is -2.95. The van der Waals surface area contributed by atoms with Crippen LogP contribution in [0.1, 0.15) is 22.8 Å². The molecule has 0 heterocycles. The number of ether oxygens (including phenoxy) is 2. The van der Waals surface area contributed by atoms with Crippen LogP contribution in [-0.4, -0.2) is 29.7 Å². The summed E-state index contributed by atoms with van der Waals surface area (Å²) in [5.74, 6) is 0.432. The van der Waals surface area contributed by atoms with Gasteiger partial charge in [-0.3, -0.25) is 4.79 Å². The lowest BCUT2D eigenvalue weighted by molar-refractivity contribution is 0.104. The van der Waals surface area contributed by atoms with Gasteiger partial charge in [0.15, 0.2) is 28.8 Å². The zero-order valence-corrected chi connectivity index (χ0v) is 12.9.